The zero-order chi connectivity index (χ0) is 16.8. The Hall–Kier alpha value is -1.76. The Balaban J connectivity index is 1.97. The number of carbonyl (C=O) groups is 1. The van der Waals surface area contributed by atoms with Gasteiger partial charge in [-0.05, 0) is 61.7 Å². The van der Waals surface area contributed by atoms with Gasteiger partial charge in [0.05, 0.1) is 5.39 Å². The predicted molar refractivity (Wildman–Crippen MR) is 99.1 cm³/mol. The second kappa shape index (κ2) is 5.95. The summed E-state index contributed by atoms with van der Waals surface area (Å²) in [6.45, 7) is 0. The molecule has 0 radical (unpaired) electrons. The first kappa shape index (κ1) is 15.7. The normalized spacial score (nSPS) is 13.9. The molecule has 0 saturated heterocycles. The number of carbonyl (C=O) groups excluding carboxylic acids is 1. The Kier molecular flexibility index (Phi) is 3.90. The summed E-state index contributed by atoms with van der Waals surface area (Å²) in [5, 5.41) is 1.05. The van der Waals surface area contributed by atoms with Gasteiger partial charge in [0.25, 0.3) is 11.5 Å². The molecule has 0 saturated carbocycles. The van der Waals surface area contributed by atoms with E-state index in [-0.39, 0.29) is 10.3 Å². The molecule has 0 fully saturated rings. The molecule has 24 heavy (non-hydrogen) atoms. The second-order valence-electron chi connectivity index (χ2n) is 5.80. The van der Waals surface area contributed by atoms with E-state index in [9.17, 15) is 9.59 Å². The topological polar surface area (TPSA) is 54.9 Å². The molecule has 0 unspecified atom stereocenters. The Labute approximate surface area is 151 Å². The molecule has 1 aromatic carbocycles. The van der Waals surface area contributed by atoms with E-state index in [0.29, 0.717) is 16.0 Å². The van der Waals surface area contributed by atoms with E-state index >= 15 is 0 Å². The molecule has 7 heteroatoms. The van der Waals surface area contributed by atoms with E-state index < -0.39 is 5.91 Å². The Morgan fingerprint density at radius 2 is 2.08 bits per heavy atom. The highest BCUT2D eigenvalue weighted by Gasteiger charge is 2.22. The minimum Gasteiger partial charge on any atom is -0.323 e. The lowest BCUT2D eigenvalue weighted by atomic mass is 9.97. The molecule has 0 amide bonds. The van der Waals surface area contributed by atoms with Crippen LogP contribution in [0.3, 0.4) is 0 Å². The number of halogens is 1. The number of aryl methyl sites for hydroxylation is 2. The fraction of sp³-hybridized carbons (Fsp3) is 0.235. The molecule has 3 aromatic rings. The van der Waals surface area contributed by atoms with Gasteiger partial charge in [0, 0.05) is 15.5 Å². The minimum absolute atomic E-state index is 0.121. The first-order chi connectivity index (χ1) is 11.6. The van der Waals surface area contributed by atoms with Gasteiger partial charge in [-0.3, -0.25) is 9.59 Å². The maximum Gasteiger partial charge on any atom is 0.270 e. The van der Waals surface area contributed by atoms with E-state index in [2.05, 4.69) is 4.98 Å². The monoisotopic (exact) mass is 376 g/mol. The van der Waals surface area contributed by atoms with Gasteiger partial charge in [0.1, 0.15) is 4.83 Å². The maximum atomic E-state index is 13.0. The fourth-order valence-electron chi connectivity index (χ4n) is 3.17. The summed E-state index contributed by atoms with van der Waals surface area (Å²) in [5.41, 5.74) is 1.08. The molecule has 0 atom stereocenters. The van der Waals surface area contributed by atoms with Crippen LogP contribution in [0.25, 0.3) is 10.2 Å². The summed E-state index contributed by atoms with van der Waals surface area (Å²) in [5.74, 6) is -0.457. The highest BCUT2D eigenvalue weighted by atomic mass is 35.5. The lowest BCUT2D eigenvalue weighted by Gasteiger charge is -2.10. The molecule has 0 bridgehead atoms. The lowest BCUT2D eigenvalue weighted by Crippen LogP contribution is -2.29. The van der Waals surface area contributed by atoms with E-state index in [1.807, 2.05) is 0 Å². The van der Waals surface area contributed by atoms with Crippen LogP contribution in [-0.2, 0) is 12.8 Å². The highest BCUT2D eigenvalue weighted by Crippen LogP contribution is 2.33. The van der Waals surface area contributed by atoms with Crippen molar-refractivity contribution in [3.63, 3.8) is 0 Å². The number of H-pyrrole nitrogens is 1. The number of nitrogens with zero attached hydrogens (tertiary/aromatic N) is 1. The SMILES string of the molecule is O=C(c1cccc(Cl)c1)n1c(=S)[nH]c2sc3c(c2c1=O)CCCC3. The average molecular weight is 377 g/mol. The third kappa shape index (κ3) is 2.46. The number of aromatic nitrogens is 2. The van der Waals surface area contributed by atoms with Crippen LogP contribution in [-0.4, -0.2) is 15.5 Å². The summed E-state index contributed by atoms with van der Waals surface area (Å²) < 4.78 is 1.17. The van der Waals surface area contributed by atoms with Crippen LogP contribution in [0.1, 0.15) is 33.6 Å². The number of nitrogens with one attached hydrogen (secondary N) is 1. The van der Waals surface area contributed by atoms with Crippen molar-refractivity contribution in [2.75, 3.05) is 0 Å². The van der Waals surface area contributed by atoms with Crippen LogP contribution in [0, 0.1) is 4.77 Å². The largest absolute Gasteiger partial charge is 0.323 e. The number of hydrogen-bond donors (Lipinski definition) is 1. The van der Waals surface area contributed by atoms with Crippen molar-refractivity contribution in [3.8, 4) is 0 Å². The molecular formula is C17H13ClN2O2S2. The van der Waals surface area contributed by atoms with Gasteiger partial charge >= 0.3 is 0 Å². The van der Waals surface area contributed by atoms with Gasteiger partial charge in [0.15, 0.2) is 4.77 Å². The van der Waals surface area contributed by atoms with Crippen molar-refractivity contribution in [2.24, 2.45) is 0 Å². The van der Waals surface area contributed by atoms with Crippen LogP contribution >= 0.6 is 35.2 Å². The van der Waals surface area contributed by atoms with E-state index in [0.717, 1.165) is 40.6 Å². The molecule has 2 aromatic heterocycles. The highest BCUT2D eigenvalue weighted by molar-refractivity contribution is 7.71. The van der Waals surface area contributed by atoms with Crippen LogP contribution in [0.4, 0.5) is 0 Å². The zero-order valence-corrected chi connectivity index (χ0v) is 15.0. The Morgan fingerprint density at radius 3 is 2.88 bits per heavy atom. The first-order valence-electron chi connectivity index (χ1n) is 7.66. The van der Waals surface area contributed by atoms with Gasteiger partial charge in [-0.2, -0.15) is 0 Å². The van der Waals surface area contributed by atoms with Crippen LogP contribution in [0.2, 0.25) is 5.02 Å². The second-order valence-corrected chi connectivity index (χ2v) is 7.73. The van der Waals surface area contributed by atoms with Crippen LogP contribution in [0.15, 0.2) is 29.1 Å². The van der Waals surface area contributed by atoms with Crippen LogP contribution < -0.4 is 5.56 Å². The molecule has 4 nitrogen and oxygen atoms in total. The van der Waals surface area contributed by atoms with E-state index in [4.69, 9.17) is 23.8 Å². The maximum absolute atomic E-state index is 13.0. The van der Waals surface area contributed by atoms with E-state index in [1.165, 1.54) is 4.88 Å². The van der Waals surface area contributed by atoms with Crippen molar-refractivity contribution in [1.82, 2.24) is 9.55 Å². The fourth-order valence-corrected chi connectivity index (χ4v) is 4.98. The lowest BCUT2D eigenvalue weighted by molar-refractivity contribution is 0.0953. The van der Waals surface area contributed by atoms with Gasteiger partial charge in [-0.25, -0.2) is 4.57 Å². The van der Waals surface area contributed by atoms with Gasteiger partial charge < -0.3 is 4.98 Å². The number of benzene rings is 1. The minimum atomic E-state index is -0.457. The molecule has 1 aliphatic carbocycles. The first-order valence-corrected chi connectivity index (χ1v) is 9.26. The van der Waals surface area contributed by atoms with Crippen molar-refractivity contribution in [1.29, 1.82) is 0 Å². The molecule has 1 aliphatic rings. The summed E-state index contributed by atoms with van der Waals surface area (Å²) in [4.78, 5) is 30.9. The smallest absolute Gasteiger partial charge is 0.270 e. The third-order valence-electron chi connectivity index (χ3n) is 4.29. The van der Waals surface area contributed by atoms with Crippen molar-refractivity contribution < 1.29 is 4.79 Å². The van der Waals surface area contributed by atoms with Gasteiger partial charge in [-0.15, -0.1) is 11.3 Å². The molecule has 122 valence electrons. The zero-order valence-electron chi connectivity index (χ0n) is 12.6. The standard InChI is InChI=1S/C17H13ClN2O2S2/c18-10-5-3-4-9(8-10)15(21)20-16(22)13-11-6-1-2-7-12(11)24-14(13)19-17(20)23/h3-5,8H,1-2,6-7H2,(H,19,23). The van der Waals surface area contributed by atoms with Crippen LogP contribution in [0.5, 0.6) is 0 Å². The molecule has 0 aliphatic heterocycles. The number of fused-ring (bicyclic) bond motifs is 3. The Bertz CT molecular complexity index is 1090. The number of rotatable bonds is 1. The summed E-state index contributed by atoms with van der Waals surface area (Å²) >= 11 is 12.8. The average Bonchev–Trinajstić information content (AvgIpc) is 2.92. The Morgan fingerprint density at radius 1 is 1.29 bits per heavy atom. The van der Waals surface area contributed by atoms with E-state index in [1.54, 1.807) is 35.6 Å². The van der Waals surface area contributed by atoms with Gasteiger partial charge in [0.2, 0.25) is 0 Å². The van der Waals surface area contributed by atoms with Crippen molar-refractivity contribution >= 4 is 51.3 Å². The molecule has 0 spiro atoms. The summed E-state index contributed by atoms with van der Waals surface area (Å²) in [7, 11) is 0. The number of thiophene rings is 1. The third-order valence-corrected chi connectivity index (χ3v) is 6.01. The molecular weight excluding hydrogens is 364 g/mol. The predicted octanol–water partition coefficient (Wildman–Crippen LogP) is 4.34. The molecule has 2 heterocycles. The van der Waals surface area contributed by atoms with Crippen molar-refractivity contribution in [3.05, 3.63) is 60.4 Å². The number of aromatic amines is 1. The molecule has 4 rings (SSSR count). The summed E-state index contributed by atoms with van der Waals surface area (Å²) in [6, 6.07) is 6.53. The van der Waals surface area contributed by atoms with Crippen molar-refractivity contribution in [2.45, 2.75) is 25.7 Å². The number of hydrogen-bond acceptors (Lipinski definition) is 4. The van der Waals surface area contributed by atoms with Gasteiger partial charge in [-0.1, -0.05) is 17.7 Å². The molecule has 1 N–H and O–H groups in total. The quantitative estimate of drug-likeness (QED) is 0.643. The summed E-state index contributed by atoms with van der Waals surface area (Å²) in [6.07, 6.45) is 4.06.